The van der Waals surface area contributed by atoms with Crippen LogP contribution in [-0.4, -0.2) is 4.57 Å². The molecule has 0 N–H and O–H groups in total. The van der Waals surface area contributed by atoms with Gasteiger partial charge in [0.2, 0.25) is 0 Å². The number of nitrogens with zero attached hydrogens (tertiary/aromatic N) is 2. The van der Waals surface area contributed by atoms with Gasteiger partial charge in [-0.2, -0.15) is 0 Å². The van der Waals surface area contributed by atoms with E-state index in [4.69, 9.17) is 0 Å². The highest BCUT2D eigenvalue weighted by molar-refractivity contribution is 6.10. The second-order valence-corrected chi connectivity index (χ2v) is 10.7. The molecule has 0 fully saturated rings. The molecule has 0 saturated carbocycles. The van der Waals surface area contributed by atoms with Crippen molar-refractivity contribution in [2.75, 3.05) is 4.90 Å². The molecule has 0 spiro atoms. The standard InChI is InChI=1S/C42H30N2/c1-4-13-31(14-5-1)33-15-12-20-38(29-33)43(35-16-6-2-7-17-35)37-26-23-32(24-27-37)34-25-28-42-40(30-34)39-21-10-11-22-41(39)44(42)36-18-8-3-9-19-36/h1-30H/i23D,24D,26D,27D. The zero-order valence-electron chi connectivity index (χ0n) is 27.9. The molecule has 1 aromatic heterocycles. The smallest absolute Gasteiger partial charge is 0.0645 e. The summed E-state index contributed by atoms with van der Waals surface area (Å²) in [5.74, 6) is 0. The van der Waals surface area contributed by atoms with Gasteiger partial charge in [0.15, 0.2) is 0 Å². The number of rotatable bonds is 6. The van der Waals surface area contributed by atoms with E-state index in [1.54, 1.807) is 0 Å². The van der Waals surface area contributed by atoms with Gasteiger partial charge in [0.1, 0.15) is 0 Å². The van der Waals surface area contributed by atoms with Crippen LogP contribution in [0.3, 0.4) is 0 Å². The highest BCUT2D eigenvalue weighted by Gasteiger charge is 2.15. The van der Waals surface area contributed by atoms with Crippen molar-refractivity contribution in [3.8, 4) is 27.9 Å². The van der Waals surface area contributed by atoms with Gasteiger partial charge in [-0.15, -0.1) is 0 Å². The molecule has 44 heavy (non-hydrogen) atoms. The molecule has 0 aliphatic rings. The van der Waals surface area contributed by atoms with Crippen molar-refractivity contribution in [2.45, 2.75) is 0 Å². The van der Waals surface area contributed by atoms with Crippen molar-refractivity contribution >= 4 is 38.9 Å². The maximum atomic E-state index is 9.34. The van der Waals surface area contributed by atoms with E-state index >= 15 is 0 Å². The molecule has 2 heteroatoms. The van der Waals surface area contributed by atoms with Crippen molar-refractivity contribution in [3.63, 3.8) is 0 Å². The zero-order chi connectivity index (χ0) is 32.8. The maximum absolute atomic E-state index is 9.34. The van der Waals surface area contributed by atoms with E-state index < -0.39 is 0 Å². The highest BCUT2D eigenvalue weighted by atomic mass is 15.1. The number of hydrogen-bond acceptors (Lipinski definition) is 1. The molecule has 0 atom stereocenters. The van der Waals surface area contributed by atoms with Crippen LogP contribution < -0.4 is 4.90 Å². The van der Waals surface area contributed by atoms with Crippen LogP contribution in [-0.2, 0) is 0 Å². The fraction of sp³-hybridized carbons (Fsp3) is 0. The lowest BCUT2D eigenvalue weighted by Gasteiger charge is -2.26. The number of aromatic nitrogens is 1. The average Bonchev–Trinajstić information content (AvgIpc) is 3.47. The molecule has 1 heterocycles. The second-order valence-electron chi connectivity index (χ2n) is 10.7. The van der Waals surface area contributed by atoms with E-state index in [9.17, 15) is 5.48 Å². The minimum Gasteiger partial charge on any atom is -0.310 e. The lowest BCUT2D eigenvalue weighted by atomic mass is 10.0. The van der Waals surface area contributed by atoms with Gasteiger partial charge in [-0.25, -0.2) is 0 Å². The first-order valence-electron chi connectivity index (χ1n) is 16.7. The molecule has 0 unspecified atom stereocenters. The predicted octanol–water partition coefficient (Wildman–Crippen LogP) is 11.6. The first-order valence-corrected chi connectivity index (χ1v) is 14.7. The SMILES string of the molecule is [2H]c1c([2H])c(N(c2ccccc2)c2cccc(-c3ccccc3)c2)c([2H])c([2H])c1-c1ccc2c(c1)c1ccccc1n2-c1ccccc1. The average molecular weight is 567 g/mol. The van der Waals surface area contributed by atoms with Crippen LogP contribution in [0, 0.1) is 0 Å². The number of hydrogen-bond donors (Lipinski definition) is 0. The van der Waals surface area contributed by atoms with Gasteiger partial charge in [-0.1, -0.05) is 115 Å². The van der Waals surface area contributed by atoms with Crippen LogP contribution in [0.1, 0.15) is 5.48 Å². The minimum absolute atomic E-state index is 0.0858. The Kier molecular flexibility index (Phi) is 5.49. The Morgan fingerprint density at radius 1 is 0.386 bits per heavy atom. The van der Waals surface area contributed by atoms with E-state index in [1.165, 1.54) is 0 Å². The molecular weight excluding hydrogens is 532 g/mol. The summed E-state index contributed by atoms with van der Waals surface area (Å²) in [6.07, 6.45) is 0. The Bertz CT molecular complexity index is 2410. The predicted molar refractivity (Wildman–Crippen MR) is 186 cm³/mol. The van der Waals surface area contributed by atoms with E-state index in [1.807, 2.05) is 138 Å². The van der Waals surface area contributed by atoms with Gasteiger partial charge < -0.3 is 9.47 Å². The molecule has 0 bridgehead atoms. The lowest BCUT2D eigenvalue weighted by Crippen LogP contribution is -2.09. The van der Waals surface area contributed by atoms with Crippen molar-refractivity contribution in [1.82, 2.24) is 4.57 Å². The van der Waals surface area contributed by atoms with Crippen molar-refractivity contribution < 1.29 is 5.48 Å². The van der Waals surface area contributed by atoms with Gasteiger partial charge in [-0.3, -0.25) is 0 Å². The fourth-order valence-corrected chi connectivity index (χ4v) is 5.99. The molecule has 208 valence electrons. The molecule has 8 rings (SSSR count). The summed E-state index contributed by atoms with van der Waals surface area (Å²) in [4.78, 5) is 1.83. The summed E-state index contributed by atoms with van der Waals surface area (Å²) in [6, 6.07) is 51.6. The van der Waals surface area contributed by atoms with E-state index in [-0.39, 0.29) is 35.4 Å². The fourth-order valence-electron chi connectivity index (χ4n) is 5.99. The van der Waals surface area contributed by atoms with Gasteiger partial charge in [0, 0.05) is 33.5 Å². The molecule has 0 amide bonds. The monoisotopic (exact) mass is 566 g/mol. The van der Waals surface area contributed by atoms with Crippen LogP contribution >= 0.6 is 0 Å². The van der Waals surface area contributed by atoms with Crippen molar-refractivity contribution in [1.29, 1.82) is 0 Å². The third kappa shape index (κ3) is 4.63. The van der Waals surface area contributed by atoms with Crippen molar-refractivity contribution in [3.05, 3.63) is 182 Å². The van der Waals surface area contributed by atoms with Gasteiger partial charge in [0.25, 0.3) is 0 Å². The second kappa shape index (κ2) is 11.1. The Labute approximate surface area is 263 Å². The Morgan fingerprint density at radius 2 is 0.977 bits per heavy atom. The van der Waals surface area contributed by atoms with Crippen LogP contribution in [0.15, 0.2) is 182 Å². The molecular formula is C42H30N2. The summed E-state index contributed by atoms with van der Waals surface area (Å²) in [5.41, 5.74) is 7.74. The largest absolute Gasteiger partial charge is 0.310 e. The number of para-hydroxylation sites is 3. The molecule has 0 aliphatic heterocycles. The van der Waals surface area contributed by atoms with Gasteiger partial charge >= 0.3 is 0 Å². The van der Waals surface area contributed by atoms with Crippen LogP contribution in [0.5, 0.6) is 0 Å². The summed E-state index contributed by atoms with van der Waals surface area (Å²) in [6.45, 7) is 0. The number of benzene rings is 7. The summed E-state index contributed by atoms with van der Waals surface area (Å²) in [5, 5.41) is 2.04. The first kappa shape index (κ1) is 21.8. The Hall–Kier alpha value is -5.86. The third-order valence-electron chi connectivity index (χ3n) is 8.04. The van der Waals surface area contributed by atoms with E-state index in [0.717, 1.165) is 50.0 Å². The van der Waals surface area contributed by atoms with Crippen LogP contribution in [0.25, 0.3) is 49.7 Å². The Morgan fingerprint density at radius 3 is 1.75 bits per heavy atom. The quantitative estimate of drug-likeness (QED) is 0.194. The van der Waals surface area contributed by atoms with Crippen LogP contribution in [0.2, 0.25) is 0 Å². The lowest BCUT2D eigenvalue weighted by molar-refractivity contribution is 1.18. The number of anilines is 3. The van der Waals surface area contributed by atoms with Crippen molar-refractivity contribution in [2.24, 2.45) is 0 Å². The van der Waals surface area contributed by atoms with Gasteiger partial charge in [-0.05, 0) is 88.9 Å². The van der Waals surface area contributed by atoms with Gasteiger partial charge in [0.05, 0.1) is 16.5 Å². The summed E-state index contributed by atoms with van der Waals surface area (Å²) in [7, 11) is 0. The molecule has 0 aliphatic carbocycles. The zero-order valence-corrected chi connectivity index (χ0v) is 23.9. The topological polar surface area (TPSA) is 8.17 Å². The van der Waals surface area contributed by atoms with E-state index in [2.05, 4.69) is 28.8 Å². The summed E-state index contributed by atoms with van der Waals surface area (Å²) < 4.78 is 39.5. The van der Waals surface area contributed by atoms with Crippen LogP contribution in [0.4, 0.5) is 17.1 Å². The summed E-state index contributed by atoms with van der Waals surface area (Å²) >= 11 is 0. The highest BCUT2D eigenvalue weighted by Crippen LogP contribution is 2.39. The third-order valence-corrected chi connectivity index (χ3v) is 8.04. The Balaban J connectivity index is 1.32. The molecule has 2 nitrogen and oxygen atoms in total. The minimum atomic E-state index is -0.105. The molecule has 8 aromatic rings. The normalized spacial score (nSPS) is 12.5. The molecule has 0 radical (unpaired) electrons. The maximum Gasteiger partial charge on any atom is 0.0645 e. The number of fused-ring (bicyclic) bond motifs is 3. The molecule has 7 aromatic carbocycles. The molecule has 0 saturated heterocycles. The first-order chi connectivity index (χ1) is 23.5. The van der Waals surface area contributed by atoms with E-state index in [0.29, 0.717) is 5.56 Å².